The number of rotatable bonds is 12. The molecular weight excluding hydrogens is 598 g/mol. The van der Waals surface area contributed by atoms with Crippen molar-refractivity contribution < 1.29 is 23.8 Å². The summed E-state index contributed by atoms with van der Waals surface area (Å²) in [5, 5.41) is 20.3. The standard InChI is InChI=1S/C32H46ClN5O5Si/c1-20-27(26(35-37(20)6)19-42-18-21-16-22(17-39)38(7)34-21)28-25(33)14-13-24-23(30(31(40)41-8)36(5)29(24)28)12-11-15-43-44(9,10)32(2,3)4/h13-14,16,39H,11-12,15,17-19H2,1-10H3. The number of aryl methyl sites for hydroxylation is 4. The highest BCUT2D eigenvalue weighted by atomic mass is 35.5. The summed E-state index contributed by atoms with van der Waals surface area (Å²) in [6.07, 6.45) is 1.42. The molecule has 240 valence electrons. The van der Waals surface area contributed by atoms with Gasteiger partial charge in [0.25, 0.3) is 0 Å². The number of aliphatic hydroxyl groups excluding tert-OH is 1. The molecule has 1 N–H and O–H groups in total. The van der Waals surface area contributed by atoms with Crippen molar-refractivity contribution in [2.75, 3.05) is 13.7 Å². The van der Waals surface area contributed by atoms with Gasteiger partial charge in [-0.3, -0.25) is 9.36 Å². The van der Waals surface area contributed by atoms with Crippen LogP contribution in [0.1, 0.15) is 66.0 Å². The van der Waals surface area contributed by atoms with Gasteiger partial charge in [0.05, 0.1) is 54.6 Å². The second kappa shape index (κ2) is 13.2. The fourth-order valence-electron chi connectivity index (χ4n) is 5.39. The van der Waals surface area contributed by atoms with E-state index in [4.69, 9.17) is 30.6 Å². The van der Waals surface area contributed by atoms with Crippen LogP contribution in [0.25, 0.3) is 22.0 Å². The molecule has 0 saturated carbocycles. The van der Waals surface area contributed by atoms with E-state index in [2.05, 4.69) is 39.0 Å². The van der Waals surface area contributed by atoms with E-state index in [0.29, 0.717) is 29.4 Å². The molecule has 0 aliphatic heterocycles. The Labute approximate surface area is 266 Å². The molecule has 0 bridgehead atoms. The number of esters is 1. The third-order valence-electron chi connectivity index (χ3n) is 8.96. The van der Waals surface area contributed by atoms with Crippen molar-refractivity contribution in [3.05, 3.63) is 57.3 Å². The first-order valence-corrected chi connectivity index (χ1v) is 18.2. The Hall–Kier alpha value is -2.96. The molecule has 0 aliphatic carbocycles. The number of aromatic nitrogens is 5. The van der Waals surface area contributed by atoms with E-state index >= 15 is 0 Å². The van der Waals surface area contributed by atoms with Gasteiger partial charge in [0.2, 0.25) is 0 Å². The highest BCUT2D eigenvalue weighted by Crippen LogP contribution is 2.42. The monoisotopic (exact) mass is 643 g/mol. The SMILES string of the molecule is COC(=O)c1c(CCCO[Si](C)(C)C(C)(C)C)c2ccc(Cl)c(-c3c(COCc4cc(CO)n(C)n4)nn(C)c3C)c2n1C. The van der Waals surface area contributed by atoms with E-state index in [0.717, 1.165) is 51.1 Å². The Morgan fingerprint density at radius 1 is 1.07 bits per heavy atom. The number of methoxy groups -OCH3 is 1. The van der Waals surface area contributed by atoms with Crippen molar-refractivity contribution in [2.45, 2.75) is 78.5 Å². The van der Waals surface area contributed by atoms with E-state index in [1.165, 1.54) is 7.11 Å². The molecule has 10 nitrogen and oxygen atoms in total. The minimum atomic E-state index is -1.89. The van der Waals surface area contributed by atoms with Gasteiger partial charge in [0.15, 0.2) is 8.32 Å². The number of hydrogen-bond acceptors (Lipinski definition) is 7. The van der Waals surface area contributed by atoms with Crippen LogP contribution in [0.3, 0.4) is 0 Å². The number of halogens is 1. The lowest BCUT2D eigenvalue weighted by molar-refractivity contribution is 0.0589. The van der Waals surface area contributed by atoms with Crippen LogP contribution in [-0.4, -0.2) is 57.2 Å². The van der Waals surface area contributed by atoms with Crippen LogP contribution < -0.4 is 0 Å². The number of aliphatic hydroxyl groups is 1. The van der Waals surface area contributed by atoms with Gasteiger partial charge in [-0.2, -0.15) is 10.2 Å². The Kier molecular flexibility index (Phi) is 10.2. The summed E-state index contributed by atoms with van der Waals surface area (Å²) in [4.78, 5) is 13.2. The molecule has 0 fully saturated rings. The average molecular weight is 644 g/mol. The van der Waals surface area contributed by atoms with E-state index in [9.17, 15) is 9.90 Å². The molecule has 3 aromatic heterocycles. The Morgan fingerprint density at radius 3 is 2.39 bits per heavy atom. The van der Waals surface area contributed by atoms with Gasteiger partial charge >= 0.3 is 5.97 Å². The zero-order valence-corrected chi connectivity index (χ0v) is 29.4. The van der Waals surface area contributed by atoms with Crippen LogP contribution in [0, 0.1) is 6.92 Å². The summed E-state index contributed by atoms with van der Waals surface area (Å²) in [7, 11) is 5.07. The maximum atomic E-state index is 13.2. The summed E-state index contributed by atoms with van der Waals surface area (Å²) in [6.45, 7) is 14.2. The van der Waals surface area contributed by atoms with Gasteiger partial charge in [-0.15, -0.1) is 0 Å². The van der Waals surface area contributed by atoms with Crippen molar-refractivity contribution in [3.8, 4) is 11.1 Å². The molecule has 4 rings (SSSR count). The van der Waals surface area contributed by atoms with Crippen molar-refractivity contribution in [1.29, 1.82) is 0 Å². The molecule has 0 amide bonds. The predicted molar refractivity (Wildman–Crippen MR) is 175 cm³/mol. The maximum absolute atomic E-state index is 13.2. The second-order valence-electron chi connectivity index (χ2n) is 12.8. The fraction of sp³-hybridized carbons (Fsp3) is 0.531. The number of benzene rings is 1. The van der Waals surface area contributed by atoms with E-state index in [-0.39, 0.29) is 24.9 Å². The van der Waals surface area contributed by atoms with Crippen molar-refractivity contribution >= 4 is 36.8 Å². The minimum Gasteiger partial charge on any atom is -0.464 e. The molecule has 1 aromatic carbocycles. The van der Waals surface area contributed by atoms with Crippen LogP contribution in [0.4, 0.5) is 0 Å². The summed E-state index contributed by atoms with van der Waals surface area (Å²) in [6, 6.07) is 5.69. The molecule has 0 unspecified atom stereocenters. The summed E-state index contributed by atoms with van der Waals surface area (Å²) >= 11 is 6.96. The molecule has 0 atom stereocenters. The molecular formula is C32H46ClN5O5Si. The topological polar surface area (TPSA) is 106 Å². The van der Waals surface area contributed by atoms with Gasteiger partial charge in [0, 0.05) is 50.0 Å². The van der Waals surface area contributed by atoms with E-state index < -0.39 is 14.3 Å². The Bertz CT molecular complexity index is 1660. The van der Waals surface area contributed by atoms with Crippen LogP contribution in [-0.2, 0) is 61.3 Å². The number of ether oxygens (including phenoxy) is 2. The zero-order chi connectivity index (χ0) is 32.6. The zero-order valence-electron chi connectivity index (χ0n) is 27.7. The lowest BCUT2D eigenvalue weighted by Crippen LogP contribution is -2.41. The molecule has 0 aliphatic rings. The number of hydrogen-bond donors (Lipinski definition) is 1. The molecule has 0 spiro atoms. The average Bonchev–Trinajstić information content (AvgIpc) is 3.55. The lowest BCUT2D eigenvalue weighted by Gasteiger charge is -2.36. The van der Waals surface area contributed by atoms with Gasteiger partial charge < -0.3 is 23.6 Å². The second-order valence-corrected chi connectivity index (χ2v) is 18.1. The molecule has 12 heteroatoms. The first-order valence-electron chi connectivity index (χ1n) is 14.9. The first kappa shape index (κ1) is 33.9. The number of carbonyl (C=O) groups excluding carboxylic acids is 1. The molecule has 44 heavy (non-hydrogen) atoms. The fourth-order valence-corrected chi connectivity index (χ4v) is 6.72. The maximum Gasteiger partial charge on any atom is 0.354 e. The van der Waals surface area contributed by atoms with Crippen LogP contribution in [0.15, 0.2) is 18.2 Å². The number of fused-ring (bicyclic) bond motifs is 1. The van der Waals surface area contributed by atoms with Crippen molar-refractivity contribution in [1.82, 2.24) is 24.1 Å². The van der Waals surface area contributed by atoms with Gasteiger partial charge in [0.1, 0.15) is 5.69 Å². The van der Waals surface area contributed by atoms with Gasteiger partial charge in [-0.25, -0.2) is 4.79 Å². The minimum absolute atomic E-state index is 0.0918. The van der Waals surface area contributed by atoms with Crippen LogP contribution in [0.5, 0.6) is 0 Å². The highest BCUT2D eigenvalue weighted by molar-refractivity contribution is 6.74. The van der Waals surface area contributed by atoms with Gasteiger partial charge in [-0.1, -0.05) is 38.4 Å². The van der Waals surface area contributed by atoms with Crippen LogP contribution in [0.2, 0.25) is 23.2 Å². The smallest absolute Gasteiger partial charge is 0.354 e. The van der Waals surface area contributed by atoms with Crippen LogP contribution >= 0.6 is 11.6 Å². The number of carbonyl (C=O) groups is 1. The summed E-state index contributed by atoms with van der Waals surface area (Å²) < 4.78 is 23.1. The van der Waals surface area contributed by atoms with Crippen molar-refractivity contribution in [3.63, 3.8) is 0 Å². The van der Waals surface area contributed by atoms with E-state index in [1.54, 1.807) is 11.7 Å². The quantitative estimate of drug-likeness (QED) is 0.111. The third-order valence-corrected chi connectivity index (χ3v) is 13.8. The molecule has 0 radical (unpaired) electrons. The Morgan fingerprint density at radius 2 is 1.77 bits per heavy atom. The summed E-state index contributed by atoms with van der Waals surface area (Å²) in [5.74, 6) is -0.393. The molecule has 3 heterocycles. The third kappa shape index (κ3) is 6.52. The molecule has 0 saturated heterocycles. The van der Waals surface area contributed by atoms with Crippen molar-refractivity contribution in [2.24, 2.45) is 21.1 Å². The summed E-state index contributed by atoms with van der Waals surface area (Å²) in [5.41, 5.74) is 7.00. The van der Waals surface area contributed by atoms with E-state index in [1.807, 2.05) is 48.5 Å². The normalized spacial score (nSPS) is 12.5. The largest absolute Gasteiger partial charge is 0.464 e. The lowest BCUT2D eigenvalue weighted by atomic mass is 9.98. The molecule has 4 aromatic rings. The highest BCUT2D eigenvalue weighted by Gasteiger charge is 2.37. The first-order chi connectivity index (χ1) is 20.6. The number of nitrogens with zero attached hydrogens (tertiary/aromatic N) is 5. The predicted octanol–water partition coefficient (Wildman–Crippen LogP) is 6.22. The van der Waals surface area contributed by atoms with Gasteiger partial charge in [-0.05, 0) is 55.6 Å². The Balaban J connectivity index is 1.73.